The van der Waals surface area contributed by atoms with Crippen LogP contribution < -0.4 is 10.1 Å². The monoisotopic (exact) mass is 472 g/mol. The van der Waals surface area contributed by atoms with Crippen molar-refractivity contribution >= 4 is 11.8 Å². The SMILES string of the molecule is CCCNC(=O)[C@H](Cc1ccccc1)N(Cc1ccccc1C)C(=O)COc1cc(C)cc(C)c1. The van der Waals surface area contributed by atoms with Crippen molar-refractivity contribution < 1.29 is 14.3 Å². The van der Waals surface area contributed by atoms with Gasteiger partial charge in [-0.25, -0.2) is 0 Å². The molecule has 0 bridgehead atoms. The smallest absolute Gasteiger partial charge is 0.261 e. The Morgan fingerprint density at radius 1 is 0.914 bits per heavy atom. The zero-order valence-electron chi connectivity index (χ0n) is 21.2. The summed E-state index contributed by atoms with van der Waals surface area (Å²) in [6.07, 6.45) is 1.25. The van der Waals surface area contributed by atoms with Crippen molar-refractivity contribution in [3.63, 3.8) is 0 Å². The minimum Gasteiger partial charge on any atom is -0.484 e. The standard InChI is InChI=1S/C30H36N2O3/c1-5-15-31-30(34)28(19-25-12-7-6-8-13-25)32(20-26-14-10-9-11-24(26)4)29(33)21-35-27-17-22(2)16-23(3)18-27/h6-14,16-18,28H,5,15,19-21H2,1-4H3,(H,31,34)/t28-/m0/s1. The Balaban J connectivity index is 1.91. The van der Waals surface area contributed by atoms with Crippen LogP contribution in [0.5, 0.6) is 5.75 Å². The van der Waals surface area contributed by atoms with Crippen LogP contribution in [-0.2, 0) is 22.6 Å². The van der Waals surface area contributed by atoms with Gasteiger partial charge in [0.05, 0.1) is 0 Å². The predicted octanol–water partition coefficient (Wildman–Crippen LogP) is 5.16. The van der Waals surface area contributed by atoms with Crippen molar-refractivity contribution in [3.8, 4) is 5.75 Å². The van der Waals surface area contributed by atoms with E-state index in [4.69, 9.17) is 4.74 Å². The summed E-state index contributed by atoms with van der Waals surface area (Å²) in [5, 5.41) is 3.00. The highest BCUT2D eigenvalue weighted by atomic mass is 16.5. The van der Waals surface area contributed by atoms with Gasteiger partial charge in [0.1, 0.15) is 11.8 Å². The molecule has 1 N–H and O–H groups in total. The number of amides is 2. The van der Waals surface area contributed by atoms with E-state index in [0.29, 0.717) is 25.3 Å². The molecule has 3 aromatic carbocycles. The van der Waals surface area contributed by atoms with E-state index in [0.717, 1.165) is 34.2 Å². The van der Waals surface area contributed by atoms with E-state index in [2.05, 4.69) is 11.4 Å². The first kappa shape index (κ1) is 26.0. The first-order chi connectivity index (χ1) is 16.9. The molecule has 0 spiro atoms. The number of carbonyl (C=O) groups excluding carboxylic acids is 2. The molecule has 35 heavy (non-hydrogen) atoms. The topological polar surface area (TPSA) is 58.6 Å². The highest BCUT2D eigenvalue weighted by Crippen LogP contribution is 2.19. The van der Waals surface area contributed by atoms with Crippen LogP contribution in [0.15, 0.2) is 72.8 Å². The fraction of sp³-hybridized carbons (Fsp3) is 0.333. The summed E-state index contributed by atoms with van der Waals surface area (Å²) in [6.45, 7) is 8.80. The third-order valence-electron chi connectivity index (χ3n) is 5.98. The van der Waals surface area contributed by atoms with Crippen molar-refractivity contribution in [2.24, 2.45) is 0 Å². The average molecular weight is 473 g/mol. The normalized spacial score (nSPS) is 11.5. The van der Waals surface area contributed by atoms with E-state index in [9.17, 15) is 9.59 Å². The summed E-state index contributed by atoms with van der Waals surface area (Å²) in [5.41, 5.74) is 5.23. The lowest BCUT2D eigenvalue weighted by Crippen LogP contribution is -2.51. The lowest BCUT2D eigenvalue weighted by Gasteiger charge is -2.32. The Hall–Kier alpha value is -3.60. The van der Waals surface area contributed by atoms with Gasteiger partial charge in [-0.2, -0.15) is 0 Å². The molecule has 3 aromatic rings. The van der Waals surface area contributed by atoms with Crippen LogP contribution in [0.2, 0.25) is 0 Å². The van der Waals surface area contributed by atoms with Gasteiger partial charge in [0, 0.05) is 19.5 Å². The maximum Gasteiger partial charge on any atom is 0.261 e. The lowest BCUT2D eigenvalue weighted by atomic mass is 10.0. The fourth-order valence-corrected chi connectivity index (χ4v) is 4.14. The van der Waals surface area contributed by atoms with Crippen molar-refractivity contribution in [1.29, 1.82) is 0 Å². The van der Waals surface area contributed by atoms with Crippen LogP contribution >= 0.6 is 0 Å². The van der Waals surface area contributed by atoms with Gasteiger partial charge >= 0.3 is 0 Å². The molecule has 0 unspecified atom stereocenters. The van der Waals surface area contributed by atoms with Gasteiger partial charge < -0.3 is 15.0 Å². The van der Waals surface area contributed by atoms with Crippen molar-refractivity contribution in [2.75, 3.05) is 13.2 Å². The lowest BCUT2D eigenvalue weighted by molar-refractivity contribution is -0.142. The zero-order chi connectivity index (χ0) is 25.2. The van der Waals surface area contributed by atoms with Crippen LogP contribution in [0.1, 0.15) is 41.2 Å². The number of aryl methyl sites for hydroxylation is 3. The Kier molecular flexibility index (Phi) is 9.47. The summed E-state index contributed by atoms with van der Waals surface area (Å²) in [7, 11) is 0. The molecule has 0 aromatic heterocycles. The molecule has 0 saturated carbocycles. The average Bonchev–Trinajstić information content (AvgIpc) is 2.84. The van der Waals surface area contributed by atoms with E-state index in [-0.39, 0.29) is 18.4 Å². The number of nitrogens with zero attached hydrogens (tertiary/aromatic N) is 1. The van der Waals surface area contributed by atoms with Gasteiger partial charge in [-0.1, -0.05) is 67.6 Å². The molecule has 1 atom stereocenters. The molecule has 0 aliphatic heterocycles. The fourth-order valence-electron chi connectivity index (χ4n) is 4.14. The summed E-state index contributed by atoms with van der Waals surface area (Å²) in [4.78, 5) is 28.6. The summed E-state index contributed by atoms with van der Waals surface area (Å²) in [5.74, 6) is 0.283. The molecule has 0 aliphatic rings. The largest absolute Gasteiger partial charge is 0.484 e. The number of carbonyl (C=O) groups is 2. The van der Waals surface area contributed by atoms with Crippen molar-refractivity contribution in [1.82, 2.24) is 10.2 Å². The molecule has 3 rings (SSSR count). The van der Waals surface area contributed by atoms with Crippen LogP contribution in [-0.4, -0.2) is 35.9 Å². The maximum absolute atomic E-state index is 13.6. The van der Waals surface area contributed by atoms with Crippen LogP contribution in [0, 0.1) is 20.8 Å². The Bertz CT molecular complexity index is 1110. The van der Waals surface area contributed by atoms with E-state index in [1.165, 1.54) is 0 Å². The molecule has 0 aliphatic carbocycles. The minimum absolute atomic E-state index is 0.138. The van der Waals surface area contributed by atoms with E-state index in [1.54, 1.807) is 4.90 Å². The number of rotatable bonds is 11. The second-order valence-corrected chi connectivity index (χ2v) is 9.06. The zero-order valence-corrected chi connectivity index (χ0v) is 21.2. The molecule has 0 heterocycles. The predicted molar refractivity (Wildman–Crippen MR) is 140 cm³/mol. The van der Waals surface area contributed by atoms with Gasteiger partial charge in [-0.05, 0) is 67.1 Å². The van der Waals surface area contributed by atoms with Crippen LogP contribution in [0.4, 0.5) is 0 Å². The minimum atomic E-state index is -0.654. The Morgan fingerprint density at radius 3 is 2.23 bits per heavy atom. The summed E-state index contributed by atoms with van der Waals surface area (Å²) in [6, 6.07) is 23.0. The van der Waals surface area contributed by atoms with E-state index < -0.39 is 6.04 Å². The number of nitrogens with one attached hydrogen (secondary N) is 1. The Labute approximate surface area is 209 Å². The molecule has 2 amide bonds. The van der Waals surface area contributed by atoms with Gasteiger partial charge in [-0.15, -0.1) is 0 Å². The quantitative estimate of drug-likeness (QED) is 0.420. The van der Waals surface area contributed by atoms with Gasteiger partial charge in [0.2, 0.25) is 5.91 Å². The number of ether oxygens (including phenoxy) is 1. The summed E-state index contributed by atoms with van der Waals surface area (Å²) < 4.78 is 5.92. The number of benzene rings is 3. The molecule has 0 fully saturated rings. The highest BCUT2D eigenvalue weighted by Gasteiger charge is 2.30. The van der Waals surface area contributed by atoms with Gasteiger partial charge in [-0.3, -0.25) is 9.59 Å². The van der Waals surface area contributed by atoms with Gasteiger partial charge in [0.25, 0.3) is 5.91 Å². The van der Waals surface area contributed by atoms with Gasteiger partial charge in [0.15, 0.2) is 6.61 Å². The number of hydrogen-bond donors (Lipinski definition) is 1. The first-order valence-corrected chi connectivity index (χ1v) is 12.2. The second-order valence-electron chi connectivity index (χ2n) is 9.06. The molecule has 5 nitrogen and oxygen atoms in total. The third kappa shape index (κ3) is 7.71. The Morgan fingerprint density at radius 2 is 1.57 bits per heavy atom. The third-order valence-corrected chi connectivity index (χ3v) is 5.98. The molecular weight excluding hydrogens is 436 g/mol. The van der Waals surface area contributed by atoms with E-state index in [1.807, 2.05) is 94.4 Å². The van der Waals surface area contributed by atoms with Crippen LogP contribution in [0.25, 0.3) is 0 Å². The molecule has 0 saturated heterocycles. The highest BCUT2D eigenvalue weighted by molar-refractivity contribution is 5.88. The first-order valence-electron chi connectivity index (χ1n) is 12.2. The second kappa shape index (κ2) is 12.7. The molecule has 184 valence electrons. The van der Waals surface area contributed by atoms with Crippen molar-refractivity contribution in [3.05, 3.63) is 101 Å². The molecule has 5 heteroatoms. The van der Waals surface area contributed by atoms with E-state index >= 15 is 0 Å². The number of hydrogen-bond acceptors (Lipinski definition) is 3. The maximum atomic E-state index is 13.6. The van der Waals surface area contributed by atoms with Crippen molar-refractivity contribution in [2.45, 2.75) is 53.1 Å². The summed E-state index contributed by atoms with van der Waals surface area (Å²) >= 11 is 0. The molecule has 0 radical (unpaired) electrons. The molecular formula is C30H36N2O3. The van der Waals surface area contributed by atoms with Crippen LogP contribution in [0.3, 0.4) is 0 Å².